The number of rotatable bonds is 2. The SMILES string of the molecule is CC(=O)O[C@H]1CC[C@@]2(C)C(=CC[C@@H]3[C@@H]2CC[C@@]2(C)[C@H]3C[C@H]3C(C)=NO[C@]32OC(C)=O)C1. The van der Waals surface area contributed by atoms with Crippen molar-refractivity contribution in [1.82, 2.24) is 0 Å². The lowest BCUT2D eigenvalue weighted by atomic mass is 9.47. The Hall–Kier alpha value is -1.85. The first kappa shape index (κ1) is 21.0. The second-order valence-electron chi connectivity index (χ2n) is 11.1. The van der Waals surface area contributed by atoms with Gasteiger partial charge in [0.15, 0.2) is 0 Å². The number of esters is 2. The van der Waals surface area contributed by atoms with Crippen LogP contribution in [0.3, 0.4) is 0 Å². The molecular formula is C25H35NO5. The minimum atomic E-state index is -0.948. The molecule has 0 aromatic carbocycles. The first-order valence-electron chi connectivity index (χ1n) is 11.9. The van der Waals surface area contributed by atoms with Gasteiger partial charge in [-0.05, 0) is 68.6 Å². The largest absolute Gasteiger partial charge is 0.462 e. The molecule has 6 heteroatoms. The summed E-state index contributed by atoms with van der Waals surface area (Å²) in [4.78, 5) is 29.6. The van der Waals surface area contributed by atoms with Crippen LogP contribution in [0, 0.1) is 34.5 Å². The number of nitrogens with zero attached hydrogens (tertiary/aromatic N) is 1. The molecule has 0 aromatic heterocycles. The molecule has 0 N–H and O–H groups in total. The van der Waals surface area contributed by atoms with Crippen LogP contribution in [0.4, 0.5) is 0 Å². The number of ether oxygens (including phenoxy) is 2. The van der Waals surface area contributed by atoms with Crippen molar-refractivity contribution in [2.75, 3.05) is 0 Å². The first-order valence-corrected chi connectivity index (χ1v) is 11.9. The summed E-state index contributed by atoms with van der Waals surface area (Å²) in [5.41, 5.74) is 2.37. The van der Waals surface area contributed by atoms with E-state index in [1.54, 1.807) is 0 Å². The van der Waals surface area contributed by atoms with E-state index in [0.717, 1.165) is 50.7 Å². The third-order valence-electron chi connectivity index (χ3n) is 9.65. The summed E-state index contributed by atoms with van der Waals surface area (Å²) in [6.07, 6.45) is 9.42. The summed E-state index contributed by atoms with van der Waals surface area (Å²) < 4.78 is 11.5. The van der Waals surface area contributed by atoms with E-state index in [1.165, 1.54) is 19.4 Å². The Morgan fingerprint density at radius 2 is 1.90 bits per heavy atom. The van der Waals surface area contributed by atoms with Gasteiger partial charge in [-0.15, -0.1) is 0 Å². The maximum atomic E-state index is 12.1. The molecule has 0 bridgehead atoms. The van der Waals surface area contributed by atoms with Crippen LogP contribution in [0.2, 0.25) is 0 Å². The van der Waals surface area contributed by atoms with Crippen molar-refractivity contribution < 1.29 is 23.9 Å². The van der Waals surface area contributed by atoms with Crippen LogP contribution >= 0.6 is 0 Å². The average molecular weight is 430 g/mol. The van der Waals surface area contributed by atoms with Crippen molar-refractivity contribution >= 4 is 17.7 Å². The van der Waals surface area contributed by atoms with Gasteiger partial charge in [0.2, 0.25) is 0 Å². The number of carbonyl (C=O) groups excluding carboxylic acids is 2. The third-order valence-corrected chi connectivity index (χ3v) is 9.65. The van der Waals surface area contributed by atoms with Crippen molar-refractivity contribution in [2.24, 2.45) is 39.7 Å². The van der Waals surface area contributed by atoms with Gasteiger partial charge in [0.25, 0.3) is 5.79 Å². The first-order chi connectivity index (χ1) is 14.6. The smallest absolute Gasteiger partial charge is 0.306 e. The Morgan fingerprint density at radius 1 is 1.13 bits per heavy atom. The highest BCUT2D eigenvalue weighted by Crippen LogP contribution is 2.70. The van der Waals surface area contributed by atoms with Crippen LogP contribution in [0.25, 0.3) is 0 Å². The normalized spacial score (nSPS) is 47.6. The Labute approximate surface area is 184 Å². The number of allylic oxidation sites excluding steroid dienone is 1. The second-order valence-corrected chi connectivity index (χ2v) is 11.1. The van der Waals surface area contributed by atoms with E-state index < -0.39 is 5.79 Å². The molecule has 5 rings (SSSR count). The van der Waals surface area contributed by atoms with Crippen molar-refractivity contribution in [3.63, 3.8) is 0 Å². The highest BCUT2D eigenvalue weighted by Gasteiger charge is 2.74. The van der Waals surface area contributed by atoms with Crippen molar-refractivity contribution in [3.8, 4) is 0 Å². The fraction of sp³-hybridized carbons (Fsp3) is 0.800. The van der Waals surface area contributed by atoms with Gasteiger partial charge in [-0.1, -0.05) is 30.7 Å². The molecule has 5 aliphatic rings. The predicted octanol–water partition coefficient (Wildman–Crippen LogP) is 4.77. The highest BCUT2D eigenvalue weighted by molar-refractivity contribution is 5.87. The lowest BCUT2D eigenvalue weighted by molar-refractivity contribution is -0.286. The average Bonchev–Trinajstić information content (AvgIpc) is 3.13. The summed E-state index contributed by atoms with van der Waals surface area (Å²) in [5.74, 6) is 0.213. The summed E-state index contributed by atoms with van der Waals surface area (Å²) in [5, 5.41) is 4.28. The van der Waals surface area contributed by atoms with Gasteiger partial charge < -0.3 is 14.3 Å². The van der Waals surface area contributed by atoms with Gasteiger partial charge in [-0.25, -0.2) is 0 Å². The zero-order chi connectivity index (χ0) is 22.2. The molecule has 0 saturated heterocycles. The number of hydrogen-bond acceptors (Lipinski definition) is 6. The Bertz CT molecular complexity index is 879. The molecule has 0 amide bonds. The zero-order valence-electron chi connectivity index (χ0n) is 19.4. The van der Waals surface area contributed by atoms with Crippen LogP contribution in [0.1, 0.15) is 79.6 Å². The molecule has 3 saturated carbocycles. The Balaban J connectivity index is 1.46. The Kier molecular flexibility index (Phi) is 4.63. The van der Waals surface area contributed by atoms with Crippen LogP contribution in [-0.2, 0) is 23.9 Å². The van der Waals surface area contributed by atoms with E-state index in [0.29, 0.717) is 17.8 Å². The van der Waals surface area contributed by atoms with Gasteiger partial charge in [0.05, 0.1) is 17.0 Å². The summed E-state index contributed by atoms with van der Waals surface area (Å²) in [7, 11) is 0. The number of oxime groups is 1. The van der Waals surface area contributed by atoms with E-state index in [2.05, 4.69) is 25.1 Å². The maximum absolute atomic E-state index is 12.1. The lowest BCUT2D eigenvalue weighted by Gasteiger charge is -2.58. The molecule has 170 valence electrons. The van der Waals surface area contributed by atoms with Crippen LogP contribution < -0.4 is 0 Å². The highest BCUT2D eigenvalue weighted by atomic mass is 16.8. The maximum Gasteiger partial charge on any atom is 0.306 e. The summed E-state index contributed by atoms with van der Waals surface area (Å²) in [6, 6.07) is 0. The monoisotopic (exact) mass is 429 g/mol. The minimum absolute atomic E-state index is 0.0209. The number of hydrogen-bond donors (Lipinski definition) is 0. The van der Waals surface area contributed by atoms with E-state index in [1.807, 2.05) is 6.92 Å². The van der Waals surface area contributed by atoms with Gasteiger partial charge in [-0.2, -0.15) is 0 Å². The predicted molar refractivity (Wildman–Crippen MR) is 115 cm³/mol. The fourth-order valence-electron chi connectivity index (χ4n) is 8.19. The number of carbonyl (C=O) groups is 2. The lowest BCUT2D eigenvalue weighted by Crippen LogP contribution is -2.57. The molecule has 6 nitrogen and oxygen atoms in total. The van der Waals surface area contributed by atoms with Gasteiger partial charge >= 0.3 is 11.9 Å². The quantitative estimate of drug-likeness (QED) is 0.467. The molecule has 1 aliphatic heterocycles. The molecule has 4 aliphatic carbocycles. The zero-order valence-corrected chi connectivity index (χ0v) is 19.4. The molecule has 3 fully saturated rings. The summed E-state index contributed by atoms with van der Waals surface area (Å²) >= 11 is 0. The van der Waals surface area contributed by atoms with Gasteiger partial charge in [0, 0.05) is 20.3 Å². The molecular weight excluding hydrogens is 394 g/mol. The van der Waals surface area contributed by atoms with E-state index in [9.17, 15) is 9.59 Å². The van der Waals surface area contributed by atoms with Gasteiger partial charge in [-0.3, -0.25) is 9.59 Å². The number of fused-ring (bicyclic) bond motifs is 7. The molecule has 1 heterocycles. The van der Waals surface area contributed by atoms with Gasteiger partial charge in [0.1, 0.15) is 6.10 Å². The van der Waals surface area contributed by atoms with Crippen LogP contribution in [0.5, 0.6) is 0 Å². The van der Waals surface area contributed by atoms with Crippen molar-refractivity contribution in [2.45, 2.75) is 91.5 Å². The second kappa shape index (κ2) is 6.82. The fourth-order valence-corrected chi connectivity index (χ4v) is 8.19. The third kappa shape index (κ3) is 2.78. The molecule has 0 unspecified atom stereocenters. The molecule has 8 atom stereocenters. The van der Waals surface area contributed by atoms with E-state index >= 15 is 0 Å². The van der Waals surface area contributed by atoms with E-state index in [-0.39, 0.29) is 34.8 Å². The molecule has 0 aromatic rings. The minimum Gasteiger partial charge on any atom is -0.462 e. The summed E-state index contributed by atoms with van der Waals surface area (Å²) in [6.45, 7) is 9.69. The molecule has 0 spiro atoms. The molecule has 0 radical (unpaired) electrons. The molecule has 31 heavy (non-hydrogen) atoms. The Morgan fingerprint density at radius 3 is 2.61 bits per heavy atom. The van der Waals surface area contributed by atoms with Crippen molar-refractivity contribution in [1.29, 1.82) is 0 Å². The standard InChI is InChI=1S/C25H35NO5/c1-14-21-13-22-19-7-6-17-12-18(29-15(2)27)8-10-23(17,4)20(19)9-11-24(22,5)25(21,31-26-14)30-16(3)28/h6,18-22H,7-13H2,1-5H3/t18-,19+,20-,21-,22-,23-,24-,25+/m0/s1. The topological polar surface area (TPSA) is 74.2 Å². The van der Waals surface area contributed by atoms with Crippen molar-refractivity contribution in [3.05, 3.63) is 11.6 Å². The van der Waals surface area contributed by atoms with E-state index in [4.69, 9.17) is 14.3 Å². The van der Waals surface area contributed by atoms with Crippen LogP contribution in [0.15, 0.2) is 16.8 Å². The van der Waals surface area contributed by atoms with Crippen LogP contribution in [-0.4, -0.2) is 29.5 Å².